The number of thiophene rings is 2. The maximum Gasteiger partial charge on any atom is 0.407 e. The van der Waals surface area contributed by atoms with Crippen LogP contribution in [0.2, 0.25) is 0 Å². The van der Waals surface area contributed by atoms with Crippen LogP contribution in [0.15, 0.2) is 52.4 Å². The first-order valence-electron chi connectivity index (χ1n) is 10.5. The minimum absolute atomic E-state index is 0.173. The molecule has 1 aliphatic rings. The van der Waals surface area contributed by atoms with Crippen LogP contribution >= 0.6 is 38.6 Å². The molecule has 4 aromatic rings. The van der Waals surface area contributed by atoms with Crippen molar-refractivity contribution in [2.75, 3.05) is 13.7 Å². The van der Waals surface area contributed by atoms with Crippen molar-refractivity contribution in [2.24, 2.45) is 0 Å². The van der Waals surface area contributed by atoms with E-state index < -0.39 is 12.1 Å². The van der Waals surface area contributed by atoms with Crippen molar-refractivity contribution < 1.29 is 14.3 Å². The molecule has 0 unspecified atom stereocenters. The summed E-state index contributed by atoms with van der Waals surface area (Å²) < 4.78 is 8.33. The molecule has 0 bridgehead atoms. The number of halogens is 1. The predicted molar refractivity (Wildman–Crippen MR) is 133 cm³/mol. The standard InChI is InChI=1S/C23H21BrN4O3S2/c1-31-23(30)27-20(13-6-3-2-4-7-13)22(29)28-9-5-8-15(28)21-25-12-14(26-21)16-10-17-18(32-16)11-19(24)33-17/h2-4,6-7,10-12,15,20H,5,8-9H2,1H3,(H,25,26)(H,27,30)/t15-,20+/m0/s1. The molecule has 2 N–H and O–H groups in total. The molecule has 2 atom stereocenters. The number of imidazole rings is 1. The Bertz CT molecular complexity index is 1270. The molecule has 4 heterocycles. The molecule has 2 amide bonds. The van der Waals surface area contributed by atoms with E-state index in [1.807, 2.05) is 36.5 Å². The van der Waals surface area contributed by atoms with E-state index in [0.29, 0.717) is 12.1 Å². The van der Waals surface area contributed by atoms with Crippen LogP contribution in [0.1, 0.15) is 36.3 Å². The topological polar surface area (TPSA) is 87.3 Å². The second-order valence-electron chi connectivity index (χ2n) is 7.73. The van der Waals surface area contributed by atoms with E-state index in [-0.39, 0.29) is 11.9 Å². The molecule has 0 spiro atoms. The maximum absolute atomic E-state index is 13.6. The molecular formula is C23H21BrN4O3S2. The third-order valence-electron chi connectivity index (χ3n) is 5.71. The first-order valence-corrected chi connectivity index (χ1v) is 12.9. The number of carbonyl (C=O) groups is 2. The van der Waals surface area contributed by atoms with Gasteiger partial charge >= 0.3 is 6.09 Å². The number of nitrogens with zero attached hydrogens (tertiary/aromatic N) is 2. The van der Waals surface area contributed by atoms with Gasteiger partial charge in [0.05, 0.1) is 27.5 Å². The van der Waals surface area contributed by atoms with Gasteiger partial charge in [-0.15, -0.1) is 22.7 Å². The number of likely N-dealkylation sites (tertiary alicyclic amines) is 1. The normalized spacial score (nSPS) is 16.8. The van der Waals surface area contributed by atoms with Crippen LogP contribution in [-0.2, 0) is 9.53 Å². The van der Waals surface area contributed by atoms with E-state index in [1.54, 1.807) is 27.6 Å². The van der Waals surface area contributed by atoms with Crippen molar-refractivity contribution in [3.63, 3.8) is 0 Å². The van der Waals surface area contributed by atoms with Gasteiger partial charge in [-0.2, -0.15) is 0 Å². The first kappa shape index (κ1) is 22.1. The average molecular weight is 545 g/mol. The summed E-state index contributed by atoms with van der Waals surface area (Å²) >= 11 is 6.94. The SMILES string of the molecule is COC(=O)N[C@@H](C(=O)N1CCC[C@H]1c1nc(-c2cc3sc(Br)cc3s2)c[nH]1)c1ccccc1. The molecule has 170 valence electrons. The molecule has 0 radical (unpaired) electrons. The summed E-state index contributed by atoms with van der Waals surface area (Å²) in [7, 11) is 1.29. The van der Waals surface area contributed by atoms with Gasteiger partial charge in [-0.25, -0.2) is 9.78 Å². The highest BCUT2D eigenvalue weighted by molar-refractivity contribution is 9.11. The molecule has 1 saturated heterocycles. The van der Waals surface area contributed by atoms with Gasteiger partial charge in [-0.3, -0.25) is 4.79 Å². The van der Waals surface area contributed by atoms with E-state index in [1.165, 1.54) is 16.5 Å². The van der Waals surface area contributed by atoms with Crippen molar-refractivity contribution in [1.82, 2.24) is 20.2 Å². The summed E-state index contributed by atoms with van der Waals surface area (Å²) in [5.41, 5.74) is 1.59. The largest absolute Gasteiger partial charge is 0.453 e. The summed E-state index contributed by atoms with van der Waals surface area (Å²) in [6.07, 6.45) is 2.94. The number of alkyl carbamates (subject to hydrolysis) is 1. The zero-order valence-corrected chi connectivity index (χ0v) is 20.9. The summed E-state index contributed by atoms with van der Waals surface area (Å²) in [5, 5.41) is 2.70. The number of hydrogen-bond acceptors (Lipinski definition) is 6. The lowest BCUT2D eigenvalue weighted by molar-refractivity contribution is -0.134. The van der Waals surface area contributed by atoms with Gasteiger partial charge in [-0.05, 0) is 46.5 Å². The Morgan fingerprint density at radius 1 is 1.24 bits per heavy atom. The van der Waals surface area contributed by atoms with Gasteiger partial charge in [0, 0.05) is 22.1 Å². The first-order chi connectivity index (χ1) is 16.0. The van der Waals surface area contributed by atoms with Crippen LogP contribution in [-0.4, -0.2) is 40.5 Å². The Hall–Kier alpha value is -2.69. The highest BCUT2D eigenvalue weighted by Gasteiger charge is 2.37. The molecule has 10 heteroatoms. The fraction of sp³-hybridized carbons (Fsp3) is 0.261. The lowest BCUT2D eigenvalue weighted by Gasteiger charge is -2.28. The minimum atomic E-state index is -0.823. The highest BCUT2D eigenvalue weighted by atomic mass is 79.9. The van der Waals surface area contributed by atoms with Gasteiger partial charge < -0.3 is 19.9 Å². The van der Waals surface area contributed by atoms with E-state index in [9.17, 15) is 9.59 Å². The molecule has 1 aromatic carbocycles. The van der Waals surface area contributed by atoms with Crippen LogP contribution in [0.3, 0.4) is 0 Å². The van der Waals surface area contributed by atoms with Crippen LogP contribution in [0.25, 0.3) is 20.0 Å². The summed E-state index contributed by atoms with van der Waals surface area (Å²) in [4.78, 5) is 36.6. The number of rotatable bonds is 5. The zero-order valence-electron chi connectivity index (χ0n) is 17.7. The molecule has 0 aliphatic carbocycles. The monoisotopic (exact) mass is 544 g/mol. The second kappa shape index (κ2) is 9.28. The Balaban J connectivity index is 1.40. The lowest BCUT2D eigenvalue weighted by Crippen LogP contribution is -2.42. The van der Waals surface area contributed by atoms with Crippen molar-refractivity contribution in [3.05, 3.63) is 63.8 Å². The van der Waals surface area contributed by atoms with E-state index in [0.717, 1.165) is 33.0 Å². The van der Waals surface area contributed by atoms with Crippen molar-refractivity contribution in [3.8, 4) is 10.6 Å². The third kappa shape index (κ3) is 4.42. The molecule has 1 aliphatic heterocycles. The number of benzene rings is 1. The Morgan fingerprint density at radius 2 is 2.03 bits per heavy atom. The van der Waals surface area contributed by atoms with Crippen LogP contribution in [0.5, 0.6) is 0 Å². The molecule has 7 nitrogen and oxygen atoms in total. The summed E-state index contributed by atoms with van der Waals surface area (Å²) in [6, 6.07) is 12.5. The highest BCUT2D eigenvalue weighted by Crippen LogP contribution is 2.40. The van der Waals surface area contributed by atoms with Gasteiger partial charge in [0.15, 0.2) is 0 Å². The summed E-state index contributed by atoms with van der Waals surface area (Å²) in [5.74, 6) is 0.590. The second-order valence-corrected chi connectivity index (χ2v) is 11.3. The van der Waals surface area contributed by atoms with Gasteiger partial charge in [0.2, 0.25) is 0 Å². The number of ether oxygens (including phenoxy) is 1. The van der Waals surface area contributed by atoms with Gasteiger partial charge in [0.25, 0.3) is 5.91 Å². The Labute approximate surface area is 206 Å². The number of nitrogens with one attached hydrogen (secondary N) is 2. The number of fused-ring (bicyclic) bond motifs is 1. The average Bonchev–Trinajstić information content (AvgIpc) is 3.60. The minimum Gasteiger partial charge on any atom is -0.453 e. The number of hydrogen-bond donors (Lipinski definition) is 2. The van der Waals surface area contributed by atoms with Gasteiger partial charge in [0.1, 0.15) is 11.9 Å². The number of aromatic amines is 1. The maximum atomic E-state index is 13.6. The van der Waals surface area contributed by atoms with E-state index in [2.05, 4.69) is 38.4 Å². The van der Waals surface area contributed by atoms with Crippen LogP contribution < -0.4 is 5.32 Å². The lowest BCUT2D eigenvalue weighted by atomic mass is 10.1. The molecule has 5 rings (SSSR count). The van der Waals surface area contributed by atoms with Crippen molar-refractivity contribution >= 4 is 60.0 Å². The quantitative estimate of drug-likeness (QED) is 0.328. The fourth-order valence-corrected chi connectivity index (χ4v) is 7.14. The van der Waals surface area contributed by atoms with Crippen molar-refractivity contribution in [1.29, 1.82) is 0 Å². The Morgan fingerprint density at radius 3 is 2.79 bits per heavy atom. The van der Waals surface area contributed by atoms with E-state index >= 15 is 0 Å². The number of H-pyrrole nitrogens is 1. The fourth-order valence-electron chi connectivity index (χ4n) is 4.16. The predicted octanol–water partition coefficient (Wildman–Crippen LogP) is 5.88. The molecular weight excluding hydrogens is 524 g/mol. The number of carbonyl (C=O) groups excluding carboxylic acids is 2. The molecule has 0 saturated carbocycles. The van der Waals surface area contributed by atoms with Crippen molar-refractivity contribution in [2.45, 2.75) is 24.9 Å². The number of methoxy groups -OCH3 is 1. The molecule has 1 fully saturated rings. The number of amides is 2. The Kier molecular flexibility index (Phi) is 6.22. The van der Waals surface area contributed by atoms with Crippen LogP contribution in [0, 0.1) is 0 Å². The third-order valence-corrected chi connectivity index (χ3v) is 8.52. The zero-order chi connectivity index (χ0) is 22.9. The van der Waals surface area contributed by atoms with Gasteiger partial charge in [-0.1, -0.05) is 30.3 Å². The molecule has 33 heavy (non-hydrogen) atoms. The summed E-state index contributed by atoms with van der Waals surface area (Å²) in [6.45, 7) is 0.606. The molecule has 3 aromatic heterocycles. The van der Waals surface area contributed by atoms with Crippen LogP contribution in [0.4, 0.5) is 4.79 Å². The smallest absolute Gasteiger partial charge is 0.407 e. The number of aromatic nitrogens is 2. The van der Waals surface area contributed by atoms with E-state index in [4.69, 9.17) is 9.72 Å².